The lowest BCUT2D eigenvalue weighted by molar-refractivity contribution is -0.165. The molecule has 5 rings (SSSR count). The van der Waals surface area contributed by atoms with Crippen LogP contribution < -0.4 is 10.1 Å². The number of nitrogens with one attached hydrogen (secondary N) is 1. The van der Waals surface area contributed by atoms with Gasteiger partial charge in [-0.1, -0.05) is 46.1 Å². The number of methoxy groups -OCH3 is 1. The summed E-state index contributed by atoms with van der Waals surface area (Å²) in [4.78, 5) is 42.4. The molecule has 1 heterocycles. The first kappa shape index (κ1) is 29.5. The molecular weight excluding hydrogens is 520 g/mol. The Kier molecular flexibility index (Phi) is 8.40. The molecule has 224 valence electrons. The van der Waals surface area contributed by atoms with Crippen LogP contribution in [0.5, 0.6) is 11.5 Å². The van der Waals surface area contributed by atoms with E-state index in [2.05, 4.69) is 26.1 Å². The Labute approximate surface area is 243 Å². The van der Waals surface area contributed by atoms with Gasteiger partial charge in [-0.05, 0) is 86.0 Å². The maximum atomic E-state index is 14.1. The van der Waals surface area contributed by atoms with E-state index in [1.807, 2.05) is 0 Å². The maximum absolute atomic E-state index is 14.1. The molecule has 1 aromatic carbocycles. The molecule has 4 aliphatic rings. The molecule has 8 heteroatoms. The highest BCUT2D eigenvalue weighted by atomic mass is 16.5. The van der Waals surface area contributed by atoms with Crippen molar-refractivity contribution >= 4 is 23.9 Å². The highest BCUT2D eigenvalue weighted by molar-refractivity contribution is 5.96. The zero-order chi connectivity index (χ0) is 29.4. The van der Waals surface area contributed by atoms with Crippen LogP contribution in [0.2, 0.25) is 0 Å². The fourth-order valence-corrected chi connectivity index (χ4v) is 8.00. The largest absolute Gasteiger partial charge is 0.504 e. The second-order valence-electron chi connectivity index (χ2n) is 13.4. The molecule has 2 bridgehead atoms. The number of esters is 1. The summed E-state index contributed by atoms with van der Waals surface area (Å²) in [5.41, 5.74) is 0.793. The number of ether oxygens (including phenoxy) is 2. The third-order valence-corrected chi connectivity index (χ3v) is 11.1. The number of phenolic OH excluding ortho intramolecular Hbond substituents is 1. The van der Waals surface area contributed by atoms with Gasteiger partial charge in [-0.3, -0.25) is 9.59 Å². The number of hydrogen-bond acceptors (Lipinski definition) is 6. The summed E-state index contributed by atoms with van der Waals surface area (Å²) < 4.78 is 11.4. The van der Waals surface area contributed by atoms with Crippen molar-refractivity contribution in [3.63, 3.8) is 0 Å². The molecule has 1 aromatic rings. The van der Waals surface area contributed by atoms with Gasteiger partial charge in [-0.25, -0.2) is 4.79 Å². The number of aromatic hydroxyl groups is 1. The number of benzene rings is 1. The molecule has 0 radical (unpaired) electrons. The fraction of sp³-hybridized carbons (Fsp3) is 0.667. The van der Waals surface area contributed by atoms with Gasteiger partial charge in [-0.2, -0.15) is 0 Å². The summed E-state index contributed by atoms with van der Waals surface area (Å²) in [6.45, 7) is 7.35. The SMILES string of the molecule is COc1cc(/C=C/C(=O)NC(C(=O)N2CCCC2C(=O)OC2CC3CCC2(C)C3(C)C)C2CCCCC2)ccc1O. The topological polar surface area (TPSA) is 105 Å². The van der Waals surface area contributed by atoms with E-state index in [1.165, 1.54) is 25.7 Å². The van der Waals surface area contributed by atoms with Crippen LogP contribution in [0, 0.1) is 22.7 Å². The number of fused-ring (bicyclic) bond motifs is 2. The van der Waals surface area contributed by atoms with Crippen LogP contribution in [0.3, 0.4) is 0 Å². The van der Waals surface area contributed by atoms with Gasteiger partial charge in [0.2, 0.25) is 11.8 Å². The van der Waals surface area contributed by atoms with Gasteiger partial charge in [0.1, 0.15) is 18.2 Å². The fourth-order valence-electron chi connectivity index (χ4n) is 8.00. The molecule has 5 unspecified atom stereocenters. The monoisotopic (exact) mass is 566 g/mol. The summed E-state index contributed by atoms with van der Waals surface area (Å²) >= 11 is 0. The zero-order valence-corrected chi connectivity index (χ0v) is 25.0. The van der Waals surface area contributed by atoms with Crippen LogP contribution in [0.25, 0.3) is 6.08 Å². The third kappa shape index (κ3) is 5.59. The number of carbonyl (C=O) groups is 3. The first-order valence-corrected chi connectivity index (χ1v) is 15.4. The number of rotatable bonds is 8. The van der Waals surface area contributed by atoms with Crippen molar-refractivity contribution in [1.29, 1.82) is 0 Å². The molecule has 1 saturated heterocycles. The summed E-state index contributed by atoms with van der Waals surface area (Å²) in [7, 11) is 1.47. The number of nitrogens with zero attached hydrogens (tertiary/aromatic N) is 1. The standard InChI is InChI=1S/C33H46N2O6/c1-32(2)23-16-17-33(32,3)27(20-23)41-31(39)24-11-8-18-35(24)30(38)29(22-9-6-5-7-10-22)34-28(37)15-13-21-12-14-25(36)26(19-21)40-4/h12-15,19,22-24,27,29,36H,5-11,16-18,20H2,1-4H3,(H,34,37)/b15-13+. The summed E-state index contributed by atoms with van der Waals surface area (Å²) in [6.07, 6.45) is 12.3. The number of phenols is 1. The van der Waals surface area contributed by atoms with E-state index in [-0.39, 0.29) is 46.4 Å². The predicted molar refractivity (Wildman–Crippen MR) is 156 cm³/mol. The van der Waals surface area contributed by atoms with Crippen LogP contribution in [0.4, 0.5) is 0 Å². The average Bonchev–Trinajstić information content (AvgIpc) is 3.59. The van der Waals surface area contributed by atoms with Crippen LogP contribution in [0.1, 0.15) is 90.5 Å². The van der Waals surface area contributed by atoms with E-state index < -0.39 is 12.1 Å². The number of carbonyl (C=O) groups excluding carboxylic acids is 3. The molecule has 2 amide bonds. The zero-order valence-electron chi connectivity index (χ0n) is 25.0. The van der Waals surface area contributed by atoms with Crippen molar-refractivity contribution in [3.05, 3.63) is 29.8 Å². The van der Waals surface area contributed by atoms with Gasteiger partial charge < -0.3 is 24.8 Å². The van der Waals surface area contributed by atoms with Gasteiger partial charge in [0, 0.05) is 18.0 Å². The minimum atomic E-state index is -0.686. The first-order valence-electron chi connectivity index (χ1n) is 15.4. The Balaban J connectivity index is 1.28. The first-order chi connectivity index (χ1) is 19.5. The van der Waals surface area contributed by atoms with Crippen molar-refractivity contribution in [2.24, 2.45) is 22.7 Å². The lowest BCUT2D eigenvalue weighted by Gasteiger charge is -2.39. The molecule has 1 aliphatic heterocycles. The summed E-state index contributed by atoms with van der Waals surface area (Å²) in [6, 6.07) is 3.55. The maximum Gasteiger partial charge on any atom is 0.329 e. The molecule has 5 atom stereocenters. The van der Waals surface area contributed by atoms with Crippen LogP contribution in [0.15, 0.2) is 24.3 Å². The minimum absolute atomic E-state index is 0.0222. The summed E-state index contributed by atoms with van der Waals surface area (Å²) in [5, 5.41) is 12.8. The average molecular weight is 567 g/mol. The second-order valence-corrected chi connectivity index (χ2v) is 13.4. The number of hydrogen-bond donors (Lipinski definition) is 2. The minimum Gasteiger partial charge on any atom is -0.504 e. The molecule has 0 aromatic heterocycles. The Morgan fingerprint density at radius 1 is 1.07 bits per heavy atom. The lowest BCUT2D eigenvalue weighted by Crippen LogP contribution is -2.55. The van der Waals surface area contributed by atoms with Crippen molar-refractivity contribution < 1.29 is 29.0 Å². The van der Waals surface area contributed by atoms with Crippen molar-refractivity contribution in [3.8, 4) is 11.5 Å². The van der Waals surface area contributed by atoms with Gasteiger partial charge in [0.15, 0.2) is 11.5 Å². The highest BCUT2D eigenvalue weighted by Gasteiger charge is 2.63. The molecule has 3 aliphatic carbocycles. The van der Waals surface area contributed by atoms with Gasteiger partial charge >= 0.3 is 5.97 Å². The summed E-state index contributed by atoms with van der Waals surface area (Å²) in [5.74, 6) is 0.102. The Morgan fingerprint density at radius 2 is 1.83 bits per heavy atom. The molecule has 41 heavy (non-hydrogen) atoms. The Morgan fingerprint density at radius 3 is 2.49 bits per heavy atom. The quantitative estimate of drug-likeness (QED) is 0.330. The Hall–Kier alpha value is -3.03. The second kappa shape index (κ2) is 11.7. The van der Waals surface area contributed by atoms with E-state index in [0.29, 0.717) is 30.2 Å². The molecule has 2 N–H and O–H groups in total. The third-order valence-electron chi connectivity index (χ3n) is 11.1. The highest BCUT2D eigenvalue weighted by Crippen LogP contribution is 2.66. The number of likely N-dealkylation sites (tertiary alicyclic amines) is 1. The van der Waals surface area contributed by atoms with Crippen LogP contribution in [-0.2, 0) is 19.1 Å². The van der Waals surface area contributed by atoms with Crippen LogP contribution >= 0.6 is 0 Å². The predicted octanol–water partition coefficient (Wildman–Crippen LogP) is 5.23. The number of amides is 2. The molecule has 3 saturated carbocycles. The van der Waals surface area contributed by atoms with Crippen molar-refractivity contribution in [2.75, 3.05) is 13.7 Å². The molecule has 4 fully saturated rings. The molecule has 0 spiro atoms. The van der Waals surface area contributed by atoms with E-state index >= 15 is 0 Å². The lowest BCUT2D eigenvalue weighted by atomic mass is 9.70. The van der Waals surface area contributed by atoms with E-state index in [9.17, 15) is 19.5 Å². The van der Waals surface area contributed by atoms with Gasteiger partial charge in [0.25, 0.3) is 0 Å². The Bertz CT molecular complexity index is 1190. The van der Waals surface area contributed by atoms with E-state index in [4.69, 9.17) is 9.47 Å². The smallest absolute Gasteiger partial charge is 0.329 e. The van der Waals surface area contributed by atoms with Crippen LogP contribution in [-0.4, -0.2) is 59.6 Å². The van der Waals surface area contributed by atoms with E-state index in [0.717, 1.165) is 51.4 Å². The van der Waals surface area contributed by atoms with Crippen molar-refractivity contribution in [1.82, 2.24) is 10.2 Å². The van der Waals surface area contributed by atoms with Crippen molar-refractivity contribution in [2.45, 2.75) is 103 Å². The van der Waals surface area contributed by atoms with Gasteiger partial charge in [0.05, 0.1) is 7.11 Å². The normalized spacial score (nSPS) is 30.0. The van der Waals surface area contributed by atoms with E-state index in [1.54, 1.807) is 23.1 Å². The van der Waals surface area contributed by atoms with Gasteiger partial charge in [-0.15, -0.1) is 0 Å². The molecule has 8 nitrogen and oxygen atoms in total. The molecular formula is C33H46N2O6.